The van der Waals surface area contributed by atoms with Crippen molar-refractivity contribution in [2.75, 3.05) is 11.4 Å². The van der Waals surface area contributed by atoms with Crippen LogP contribution in [-0.4, -0.2) is 23.5 Å². The zero-order chi connectivity index (χ0) is 13.4. The number of rotatable bonds is 2. The van der Waals surface area contributed by atoms with Crippen LogP contribution in [0, 0.1) is 5.92 Å². The molecule has 4 nitrogen and oxygen atoms in total. The summed E-state index contributed by atoms with van der Waals surface area (Å²) in [6.45, 7) is 0.256. The Balaban J connectivity index is 1.96. The molecule has 0 aromatic heterocycles. The van der Waals surface area contributed by atoms with Crippen molar-refractivity contribution in [1.29, 1.82) is 0 Å². The maximum atomic E-state index is 11.9. The van der Waals surface area contributed by atoms with Gasteiger partial charge in [-0.05, 0) is 22.9 Å². The van der Waals surface area contributed by atoms with Crippen LogP contribution < -0.4 is 4.90 Å². The van der Waals surface area contributed by atoms with Crippen molar-refractivity contribution < 1.29 is 14.7 Å². The first-order valence-corrected chi connectivity index (χ1v) is 6.17. The highest BCUT2D eigenvalue weighted by Crippen LogP contribution is 2.28. The Morgan fingerprint density at radius 1 is 1.16 bits per heavy atom. The van der Waals surface area contributed by atoms with Crippen LogP contribution in [0.25, 0.3) is 10.8 Å². The van der Waals surface area contributed by atoms with Gasteiger partial charge in [-0.25, -0.2) is 0 Å². The summed E-state index contributed by atoms with van der Waals surface area (Å²) in [6.07, 6.45) is 0.0855. The number of hydrogen-bond donors (Lipinski definition) is 1. The first kappa shape index (κ1) is 11.7. The number of anilines is 1. The monoisotopic (exact) mass is 255 g/mol. The van der Waals surface area contributed by atoms with Crippen molar-refractivity contribution in [3.63, 3.8) is 0 Å². The van der Waals surface area contributed by atoms with Gasteiger partial charge in [0.2, 0.25) is 5.91 Å². The number of amides is 1. The van der Waals surface area contributed by atoms with Crippen molar-refractivity contribution >= 4 is 28.3 Å². The van der Waals surface area contributed by atoms with E-state index >= 15 is 0 Å². The molecule has 1 aliphatic rings. The first-order valence-electron chi connectivity index (χ1n) is 6.17. The molecule has 0 saturated carbocycles. The van der Waals surface area contributed by atoms with Crippen LogP contribution in [0.5, 0.6) is 0 Å². The Kier molecular flexibility index (Phi) is 2.71. The Hall–Kier alpha value is -2.36. The second-order valence-corrected chi connectivity index (χ2v) is 4.78. The van der Waals surface area contributed by atoms with Gasteiger partial charge in [-0.2, -0.15) is 0 Å². The molecule has 0 spiro atoms. The van der Waals surface area contributed by atoms with E-state index in [-0.39, 0.29) is 18.9 Å². The summed E-state index contributed by atoms with van der Waals surface area (Å²) in [6, 6.07) is 13.6. The number of carbonyl (C=O) groups is 2. The van der Waals surface area contributed by atoms with Crippen LogP contribution in [0.15, 0.2) is 42.5 Å². The van der Waals surface area contributed by atoms with Crippen molar-refractivity contribution in [2.45, 2.75) is 6.42 Å². The lowest BCUT2D eigenvalue weighted by Crippen LogP contribution is -2.25. The standard InChI is InChI=1S/C15H13NO3/c17-14-8-12(15(18)19)9-16(14)13-6-5-10-3-1-2-4-11(10)7-13/h1-7,12H,8-9H2,(H,18,19)/t12-/m1/s1. The highest BCUT2D eigenvalue weighted by atomic mass is 16.4. The van der Waals surface area contributed by atoms with Crippen molar-refractivity contribution in [3.05, 3.63) is 42.5 Å². The summed E-state index contributed by atoms with van der Waals surface area (Å²) < 4.78 is 0. The SMILES string of the molecule is O=C(O)[C@@H]1CC(=O)N(c2ccc3ccccc3c2)C1. The zero-order valence-corrected chi connectivity index (χ0v) is 10.2. The maximum Gasteiger partial charge on any atom is 0.308 e. The first-order chi connectivity index (χ1) is 9.15. The number of hydrogen-bond acceptors (Lipinski definition) is 2. The van der Waals surface area contributed by atoms with Gasteiger partial charge in [0.25, 0.3) is 0 Å². The topological polar surface area (TPSA) is 57.6 Å². The zero-order valence-electron chi connectivity index (χ0n) is 10.2. The third kappa shape index (κ3) is 2.05. The molecule has 19 heavy (non-hydrogen) atoms. The van der Waals surface area contributed by atoms with Crippen LogP contribution in [0.3, 0.4) is 0 Å². The maximum absolute atomic E-state index is 11.9. The summed E-state index contributed by atoms with van der Waals surface area (Å²) in [4.78, 5) is 24.4. The van der Waals surface area contributed by atoms with Gasteiger partial charge in [0, 0.05) is 18.7 Å². The van der Waals surface area contributed by atoms with Crippen LogP contribution in [0.4, 0.5) is 5.69 Å². The molecule has 1 fully saturated rings. The number of carbonyl (C=O) groups excluding carboxylic acids is 1. The van der Waals surface area contributed by atoms with E-state index < -0.39 is 11.9 Å². The lowest BCUT2D eigenvalue weighted by atomic mass is 10.1. The number of carboxylic acids is 1. The highest BCUT2D eigenvalue weighted by Gasteiger charge is 2.34. The van der Waals surface area contributed by atoms with Gasteiger partial charge in [-0.1, -0.05) is 30.3 Å². The van der Waals surface area contributed by atoms with Crippen molar-refractivity contribution in [1.82, 2.24) is 0 Å². The van der Waals surface area contributed by atoms with Crippen molar-refractivity contribution in [3.8, 4) is 0 Å². The molecular formula is C15H13NO3. The fraction of sp³-hybridized carbons (Fsp3) is 0.200. The third-order valence-electron chi connectivity index (χ3n) is 3.52. The number of fused-ring (bicyclic) bond motifs is 1. The largest absolute Gasteiger partial charge is 0.481 e. The van der Waals surface area contributed by atoms with Gasteiger partial charge < -0.3 is 10.0 Å². The summed E-state index contributed by atoms with van der Waals surface area (Å²) in [5.74, 6) is -1.63. The second-order valence-electron chi connectivity index (χ2n) is 4.78. The van der Waals surface area contributed by atoms with E-state index in [0.29, 0.717) is 0 Å². The van der Waals surface area contributed by atoms with Crippen LogP contribution >= 0.6 is 0 Å². The molecule has 1 amide bonds. The predicted octanol–water partition coefficient (Wildman–Crippen LogP) is 2.28. The predicted molar refractivity (Wildman–Crippen MR) is 72.0 cm³/mol. The third-order valence-corrected chi connectivity index (χ3v) is 3.52. The van der Waals surface area contributed by atoms with Gasteiger partial charge in [0.1, 0.15) is 0 Å². The number of benzene rings is 2. The normalized spacial score (nSPS) is 19.1. The molecule has 0 aliphatic carbocycles. The van der Waals surface area contributed by atoms with Gasteiger partial charge in [-0.15, -0.1) is 0 Å². The summed E-state index contributed by atoms with van der Waals surface area (Å²) in [7, 11) is 0. The quantitative estimate of drug-likeness (QED) is 0.895. The average molecular weight is 255 g/mol. The molecule has 3 rings (SSSR count). The van der Waals surface area contributed by atoms with E-state index in [2.05, 4.69) is 0 Å². The Labute approximate surface area is 110 Å². The summed E-state index contributed by atoms with van der Waals surface area (Å²) in [5.41, 5.74) is 0.771. The minimum absolute atomic E-state index is 0.0855. The van der Waals surface area contributed by atoms with E-state index in [0.717, 1.165) is 16.5 Å². The lowest BCUT2D eigenvalue weighted by molar-refractivity contribution is -0.141. The lowest BCUT2D eigenvalue weighted by Gasteiger charge is -2.16. The number of nitrogens with zero attached hydrogens (tertiary/aromatic N) is 1. The average Bonchev–Trinajstić information content (AvgIpc) is 2.80. The van der Waals surface area contributed by atoms with Crippen LogP contribution in [-0.2, 0) is 9.59 Å². The van der Waals surface area contributed by atoms with Crippen molar-refractivity contribution in [2.24, 2.45) is 5.92 Å². The fourth-order valence-corrected chi connectivity index (χ4v) is 2.47. The van der Waals surface area contributed by atoms with Gasteiger partial charge >= 0.3 is 5.97 Å². The minimum atomic E-state index is -0.906. The van der Waals surface area contributed by atoms with Gasteiger partial charge in [0.15, 0.2) is 0 Å². The molecule has 1 saturated heterocycles. The fourth-order valence-electron chi connectivity index (χ4n) is 2.47. The van der Waals surface area contributed by atoms with E-state index in [9.17, 15) is 9.59 Å². The van der Waals surface area contributed by atoms with Gasteiger partial charge in [-0.3, -0.25) is 9.59 Å². The number of carboxylic acid groups (broad SMARTS) is 1. The molecule has 4 heteroatoms. The molecular weight excluding hydrogens is 242 g/mol. The van der Waals surface area contributed by atoms with E-state index in [4.69, 9.17) is 5.11 Å². The molecule has 1 heterocycles. The molecule has 96 valence electrons. The second kappa shape index (κ2) is 4.39. The van der Waals surface area contributed by atoms with Crippen LogP contribution in [0.2, 0.25) is 0 Å². The minimum Gasteiger partial charge on any atom is -0.481 e. The highest BCUT2D eigenvalue weighted by molar-refractivity contribution is 6.00. The molecule has 0 bridgehead atoms. The molecule has 2 aromatic carbocycles. The Morgan fingerprint density at radius 2 is 1.89 bits per heavy atom. The summed E-state index contributed by atoms with van der Waals surface area (Å²) >= 11 is 0. The molecule has 2 aromatic rings. The van der Waals surface area contributed by atoms with Crippen LogP contribution in [0.1, 0.15) is 6.42 Å². The molecule has 1 atom stereocenters. The summed E-state index contributed by atoms with van der Waals surface area (Å²) in [5, 5.41) is 11.1. The number of aliphatic carboxylic acids is 1. The van der Waals surface area contributed by atoms with Gasteiger partial charge in [0.05, 0.1) is 5.92 Å². The van der Waals surface area contributed by atoms with E-state index in [1.54, 1.807) is 4.90 Å². The molecule has 0 radical (unpaired) electrons. The Morgan fingerprint density at radius 3 is 2.58 bits per heavy atom. The molecule has 1 N–H and O–H groups in total. The van der Waals surface area contributed by atoms with E-state index in [1.165, 1.54) is 0 Å². The molecule has 0 unspecified atom stereocenters. The Bertz CT molecular complexity index is 665. The smallest absolute Gasteiger partial charge is 0.308 e. The molecule has 1 aliphatic heterocycles. The van der Waals surface area contributed by atoms with E-state index in [1.807, 2.05) is 42.5 Å².